The van der Waals surface area contributed by atoms with E-state index < -0.39 is 17.8 Å². The number of carbonyl (C=O) groups is 2. The molecule has 102 valence electrons. The van der Waals surface area contributed by atoms with Crippen LogP contribution in [0.15, 0.2) is 37.1 Å². The molecule has 7 heteroatoms. The van der Waals surface area contributed by atoms with Gasteiger partial charge in [-0.05, 0) is 18.6 Å². The van der Waals surface area contributed by atoms with Gasteiger partial charge in [0.1, 0.15) is 12.1 Å². The van der Waals surface area contributed by atoms with Crippen LogP contribution in [0.4, 0.5) is 5.69 Å². The molecule has 0 aromatic carbocycles. The van der Waals surface area contributed by atoms with E-state index in [-0.39, 0.29) is 5.91 Å². The minimum Gasteiger partial charge on any atom is -0.481 e. The summed E-state index contributed by atoms with van der Waals surface area (Å²) in [6, 6.07) is 3.47. The summed E-state index contributed by atoms with van der Waals surface area (Å²) in [5, 5.41) is 11.5. The predicted molar refractivity (Wildman–Crippen MR) is 69.2 cm³/mol. The van der Waals surface area contributed by atoms with Crippen molar-refractivity contribution < 1.29 is 14.7 Å². The summed E-state index contributed by atoms with van der Waals surface area (Å²) in [5.74, 6) is -1.47. The van der Waals surface area contributed by atoms with Gasteiger partial charge in [-0.2, -0.15) is 0 Å². The first kappa shape index (κ1) is 12.3. The first-order valence-corrected chi connectivity index (χ1v) is 6.13. The van der Waals surface area contributed by atoms with Gasteiger partial charge in [0.15, 0.2) is 0 Å². The number of hydrogen-bond donors (Lipinski definition) is 2. The van der Waals surface area contributed by atoms with Crippen LogP contribution in [0.2, 0.25) is 0 Å². The average Bonchev–Trinajstić information content (AvgIpc) is 3.07. The zero-order valence-corrected chi connectivity index (χ0v) is 10.4. The van der Waals surface area contributed by atoms with Crippen molar-refractivity contribution in [2.45, 2.75) is 6.42 Å². The van der Waals surface area contributed by atoms with E-state index in [2.05, 4.69) is 15.3 Å². The highest BCUT2D eigenvalue weighted by Gasteiger charge is 2.48. The normalized spacial score (nSPS) is 20.4. The zero-order valence-electron chi connectivity index (χ0n) is 10.4. The van der Waals surface area contributed by atoms with Gasteiger partial charge in [-0.1, -0.05) is 0 Å². The topological polar surface area (TPSA) is 97.1 Å². The van der Waals surface area contributed by atoms with E-state index in [1.165, 1.54) is 6.20 Å². The summed E-state index contributed by atoms with van der Waals surface area (Å²) in [5.41, 5.74) is 0.551. The number of carbonyl (C=O) groups excluding carboxylic acids is 1. The van der Waals surface area contributed by atoms with Crippen LogP contribution < -0.4 is 5.32 Å². The van der Waals surface area contributed by atoms with E-state index in [1.54, 1.807) is 35.4 Å². The molecule has 2 unspecified atom stereocenters. The molecule has 0 radical (unpaired) electrons. The summed E-state index contributed by atoms with van der Waals surface area (Å²) in [7, 11) is 0. The summed E-state index contributed by atoms with van der Waals surface area (Å²) >= 11 is 0. The van der Waals surface area contributed by atoms with Crippen LogP contribution in [0.25, 0.3) is 5.82 Å². The maximum Gasteiger partial charge on any atom is 0.307 e. The van der Waals surface area contributed by atoms with Crippen molar-refractivity contribution >= 4 is 17.6 Å². The number of imidazole rings is 1. The minimum absolute atomic E-state index is 0.269. The Balaban J connectivity index is 1.64. The van der Waals surface area contributed by atoms with Gasteiger partial charge in [-0.15, -0.1) is 0 Å². The van der Waals surface area contributed by atoms with Crippen molar-refractivity contribution in [3.8, 4) is 5.82 Å². The number of hydrogen-bond acceptors (Lipinski definition) is 4. The second-order valence-corrected chi connectivity index (χ2v) is 4.65. The molecule has 3 rings (SSSR count). The predicted octanol–water partition coefficient (Wildman–Crippen LogP) is 0.927. The lowest BCUT2D eigenvalue weighted by molar-refractivity contribution is -0.139. The van der Waals surface area contributed by atoms with Crippen LogP contribution in [-0.2, 0) is 9.59 Å². The Kier molecular flexibility index (Phi) is 2.94. The Morgan fingerprint density at radius 3 is 2.75 bits per heavy atom. The summed E-state index contributed by atoms with van der Waals surface area (Å²) in [6.07, 6.45) is 6.98. The second-order valence-electron chi connectivity index (χ2n) is 4.65. The highest BCUT2D eigenvalue weighted by molar-refractivity contribution is 5.98. The number of nitrogens with zero attached hydrogens (tertiary/aromatic N) is 3. The van der Waals surface area contributed by atoms with Gasteiger partial charge < -0.3 is 10.4 Å². The zero-order chi connectivity index (χ0) is 14.1. The van der Waals surface area contributed by atoms with Gasteiger partial charge >= 0.3 is 5.97 Å². The van der Waals surface area contributed by atoms with Crippen molar-refractivity contribution in [2.24, 2.45) is 11.8 Å². The van der Waals surface area contributed by atoms with Crippen LogP contribution in [0.1, 0.15) is 6.42 Å². The molecule has 20 heavy (non-hydrogen) atoms. The smallest absolute Gasteiger partial charge is 0.307 e. The fraction of sp³-hybridized carbons (Fsp3) is 0.231. The molecule has 2 heterocycles. The molecule has 1 saturated carbocycles. The minimum atomic E-state index is -0.918. The fourth-order valence-corrected chi connectivity index (χ4v) is 2.00. The third-order valence-electron chi connectivity index (χ3n) is 3.23. The van der Waals surface area contributed by atoms with Gasteiger partial charge in [0.05, 0.1) is 23.7 Å². The van der Waals surface area contributed by atoms with E-state index in [9.17, 15) is 9.59 Å². The van der Waals surface area contributed by atoms with E-state index in [0.29, 0.717) is 17.9 Å². The molecule has 0 spiro atoms. The van der Waals surface area contributed by atoms with Crippen LogP contribution in [0.3, 0.4) is 0 Å². The molecule has 1 amide bonds. The molecule has 2 aromatic heterocycles. The van der Waals surface area contributed by atoms with Crippen LogP contribution in [-0.4, -0.2) is 31.5 Å². The molecule has 0 saturated heterocycles. The lowest BCUT2D eigenvalue weighted by Crippen LogP contribution is -2.17. The standard InChI is InChI=1S/C13H12N4O3/c18-12(9-5-10(9)13(19)20)16-8-1-2-11(15-6-8)17-4-3-14-7-17/h1-4,6-7,9-10H,5H2,(H,16,18)(H,19,20). The van der Waals surface area contributed by atoms with Crippen molar-refractivity contribution in [3.63, 3.8) is 0 Å². The Labute approximate surface area is 114 Å². The highest BCUT2D eigenvalue weighted by Crippen LogP contribution is 2.39. The van der Waals surface area contributed by atoms with Crippen molar-refractivity contribution in [2.75, 3.05) is 5.32 Å². The van der Waals surface area contributed by atoms with Gasteiger partial charge in [0.2, 0.25) is 5.91 Å². The van der Waals surface area contributed by atoms with Crippen LogP contribution in [0.5, 0.6) is 0 Å². The number of aromatic nitrogens is 3. The number of nitrogens with one attached hydrogen (secondary N) is 1. The molecule has 1 fully saturated rings. The van der Waals surface area contributed by atoms with Gasteiger partial charge in [-0.25, -0.2) is 9.97 Å². The number of amides is 1. The molecule has 2 aromatic rings. The third kappa shape index (κ3) is 2.37. The third-order valence-corrected chi connectivity index (χ3v) is 3.23. The van der Waals surface area contributed by atoms with E-state index in [1.807, 2.05) is 0 Å². The fourth-order valence-electron chi connectivity index (χ4n) is 2.00. The second kappa shape index (κ2) is 4.76. The van der Waals surface area contributed by atoms with E-state index in [4.69, 9.17) is 5.11 Å². The maximum atomic E-state index is 11.8. The molecule has 7 nitrogen and oxygen atoms in total. The number of anilines is 1. The number of aliphatic carboxylic acids is 1. The Hall–Kier alpha value is -2.70. The SMILES string of the molecule is O=C(O)C1CC1C(=O)Nc1ccc(-n2ccnc2)nc1. The van der Waals surface area contributed by atoms with Gasteiger partial charge in [0, 0.05) is 12.4 Å². The largest absolute Gasteiger partial charge is 0.481 e. The monoisotopic (exact) mass is 272 g/mol. The summed E-state index contributed by atoms with van der Waals surface area (Å²) in [4.78, 5) is 30.6. The lowest BCUT2D eigenvalue weighted by Gasteiger charge is -2.05. The molecule has 1 aliphatic rings. The first-order valence-electron chi connectivity index (χ1n) is 6.13. The van der Waals surface area contributed by atoms with Crippen LogP contribution in [0, 0.1) is 11.8 Å². The van der Waals surface area contributed by atoms with Crippen molar-refractivity contribution in [1.82, 2.24) is 14.5 Å². The number of carboxylic acid groups (broad SMARTS) is 1. The molecular weight excluding hydrogens is 260 g/mol. The highest BCUT2D eigenvalue weighted by atomic mass is 16.4. The number of carboxylic acids is 1. The molecular formula is C13H12N4O3. The van der Waals surface area contributed by atoms with E-state index in [0.717, 1.165) is 0 Å². The quantitative estimate of drug-likeness (QED) is 0.862. The number of pyridine rings is 1. The first-order chi connectivity index (χ1) is 9.65. The van der Waals surface area contributed by atoms with Gasteiger partial charge in [-0.3, -0.25) is 14.2 Å². The molecule has 0 bridgehead atoms. The number of rotatable bonds is 4. The molecule has 1 aliphatic carbocycles. The maximum absolute atomic E-state index is 11.8. The van der Waals surface area contributed by atoms with Crippen LogP contribution >= 0.6 is 0 Å². The van der Waals surface area contributed by atoms with Gasteiger partial charge in [0.25, 0.3) is 0 Å². The Morgan fingerprint density at radius 1 is 1.35 bits per heavy atom. The Bertz CT molecular complexity index is 636. The van der Waals surface area contributed by atoms with E-state index >= 15 is 0 Å². The molecule has 2 N–H and O–H groups in total. The lowest BCUT2D eigenvalue weighted by atomic mass is 10.3. The van der Waals surface area contributed by atoms with Crippen molar-refractivity contribution in [1.29, 1.82) is 0 Å². The average molecular weight is 272 g/mol. The summed E-state index contributed by atoms with van der Waals surface area (Å²) < 4.78 is 1.74. The van der Waals surface area contributed by atoms with Crippen molar-refractivity contribution in [3.05, 3.63) is 37.1 Å². The molecule has 2 atom stereocenters. The molecule has 0 aliphatic heterocycles. The summed E-state index contributed by atoms with van der Waals surface area (Å²) in [6.45, 7) is 0. The Morgan fingerprint density at radius 2 is 2.20 bits per heavy atom.